The molecule has 1 atom stereocenters. The first kappa shape index (κ1) is 23.0. The first-order chi connectivity index (χ1) is 16.5. The fourth-order valence-electron chi connectivity index (χ4n) is 4.18. The molecule has 1 aliphatic rings. The summed E-state index contributed by atoms with van der Waals surface area (Å²) in [6, 6.07) is 14.8. The van der Waals surface area contributed by atoms with Crippen LogP contribution in [0, 0.1) is 13.8 Å². The highest BCUT2D eigenvalue weighted by Crippen LogP contribution is 2.30. The summed E-state index contributed by atoms with van der Waals surface area (Å²) >= 11 is 3.20. The third kappa shape index (κ3) is 4.73. The Labute approximate surface area is 207 Å². The number of carbonyl (C=O) groups excluding carboxylic acids is 1. The number of nitrogens with zero attached hydrogens (tertiary/aromatic N) is 6. The van der Waals surface area contributed by atoms with E-state index in [0.717, 1.165) is 47.5 Å². The Morgan fingerprint density at radius 1 is 1.09 bits per heavy atom. The number of benzene rings is 2. The summed E-state index contributed by atoms with van der Waals surface area (Å²) in [7, 11) is 0. The maximum atomic E-state index is 12.9. The summed E-state index contributed by atoms with van der Waals surface area (Å²) in [6.07, 6.45) is 1.71. The van der Waals surface area contributed by atoms with E-state index >= 15 is 0 Å². The average molecular weight is 493 g/mol. The first-order valence-electron chi connectivity index (χ1n) is 11.5. The van der Waals surface area contributed by atoms with Crippen molar-refractivity contribution in [2.24, 2.45) is 0 Å². The molecule has 1 amide bonds. The van der Waals surface area contributed by atoms with Crippen molar-refractivity contribution in [3.63, 3.8) is 0 Å². The fraction of sp³-hybridized carbons (Fsp3) is 0.360. The molecule has 7 nitrogen and oxygen atoms in total. The van der Waals surface area contributed by atoms with Crippen LogP contribution in [0.1, 0.15) is 29.1 Å². The Kier molecular flexibility index (Phi) is 6.67. The second kappa shape index (κ2) is 9.85. The molecule has 176 valence electrons. The third-order valence-corrected chi connectivity index (χ3v) is 8.63. The molecule has 2 aromatic heterocycles. The molecule has 1 saturated heterocycles. The lowest BCUT2D eigenvalue weighted by Gasteiger charge is -2.37. The third-order valence-electron chi connectivity index (χ3n) is 6.49. The lowest BCUT2D eigenvalue weighted by Crippen LogP contribution is -2.49. The predicted octanol–water partition coefficient (Wildman–Crippen LogP) is 4.49. The number of hydrogen-bond acceptors (Lipinski definition) is 7. The molecule has 0 aliphatic carbocycles. The number of rotatable bonds is 6. The van der Waals surface area contributed by atoms with E-state index in [4.69, 9.17) is 4.98 Å². The Balaban J connectivity index is 1.16. The van der Waals surface area contributed by atoms with E-state index in [2.05, 4.69) is 72.3 Å². The number of hydrogen-bond donors (Lipinski definition) is 0. The Morgan fingerprint density at radius 2 is 1.88 bits per heavy atom. The van der Waals surface area contributed by atoms with Crippen LogP contribution in [0.15, 0.2) is 53.9 Å². The minimum atomic E-state index is 0.145. The number of amides is 1. The van der Waals surface area contributed by atoms with Crippen molar-refractivity contribution >= 4 is 39.2 Å². The molecule has 0 bridgehead atoms. The summed E-state index contributed by atoms with van der Waals surface area (Å²) in [5.74, 6) is 0.503. The van der Waals surface area contributed by atoms with E-state index in [1.807, 2.05) is 15.5 Å². The monoisotopic (exact) mass is 492 g/mol. The number of para-hydroxylation sites is 1. The Hall–Kier alpha value is -2.75. The molecule has 0 spiro atoms. The minimum absolute atomic E-state index is 0.145. The van der Waals surface area contributed by atoms with Crippen LogP contribution in [-0.4, -0.2) is 67.4 Å². The smallest absolute Gasteiger partial charge is 0.233 e. The molecule has 1 fully saturated rings. The molecule has 0 N–H and O–H groups in total. The highest BCUT2D eigenvalue weighted by atomic mass is 32.2. The summed E-state index contributed by atoms with van der Waals surface area (Å²) in [5.41, 5.74) is 4.54. The van der Waals surface area contributed by atoms with Crippen molar-refractivity contribution in [3.8, 4) is 5.69 Å². The van der Waals surface area contributed by atoms with Gasteiger partial charge in [0.1, 0.15) is 11.3 Å². The lowest BCUT2D eigenvalue weighted by molar-refractivity contribution is -0.130. The SMILES string of the molecule is Cc1ccc(-n2cnnc2SCC(=O)N2CCN([C@H](C)c3nc4ccccc4s3)CC2)cc1C. The highest BCUT2D eigenvalue weighted by molar-refractivity contribution is 7.99. The van der Waals surface area contributed by atoms with Crippen LogP contribution in [0.2, 0.25) is 0 Å². The number of thioether (sulfide) groups is 1. The topological polar surface area (TPSA) is 67.2 Å². The van der Waals surface area contributed by atoms with Gasteiger partial charge in [0.15, 0.2) is 5.16 Å². The summed E-state index contributed by atoms with van der Waals surface area (Å²) in [5, 5.41) is 10.2. The molecular weight excluding hydrogens is 464 g/mol. The number of thiazole rings is 1. The summed E-state index contributed by atoms with van der Waals surface area (Å²) in [4.78, 5) is 22.1. The van der Waals surface area contributed by atoms with Crippen molar-refractivity contribution in [2.45, 2.75) is 32.0 Å². The van der Waals surface area contributed by atoms with Crippen molar-refractivity contribution in [3.05, 3.63) is 64.9 Å². The van der Waals surface area contributed by atoms with E-state index in [1.54, 1.807) is 17.7 Å². The van der Waals surface area contributed by atoms with Crippen LogP contribution < -0.4 is 0 Å². The number of aromatic nitrogens is 4. The van der Waals surface area contributed by atoms with Crippen LogP contribution in [0.5, 0.6) is 0 Å². The Morgan fingerprint density at radius 3 is 2.65 bits per heavy atom. The number of aryl methyl sites for hydroxylation is 2. The van der Waals surface area contributed by atoms with Crippen molar-refractivity contribution in [1.29, 1.82) is 0 Å². The van der Waals surface area contributed by atoms with Gasteiger partial charge in [-0.25, -0.2) is 4.98 Å². The van der Waals surface area contributed by atoms with Gasteiger partial charge in [-0.1, -0.05) is 30.0 Å². The number of piperazine rings is 1. The minimum Gasteiger partial charge on any atom is -0.339 e. The van der Waals surface area contributed by atoms with E-state index < -0.39 is 0 Å². The molecule has 5 rings (SSSR count). The molecule has 9 heteroatoms. The van der Waals surface area contributed by atoms with Crippen molar-refractivity contribution in [1.82, 2.24) is 29.5 Å². The van der Waals surface area contributed by atoms with Gasteiger partial charge in [-0.05, 0) is 56.2 Å². The van der Waals surface area contributed by atoms with E-state index in [0.29, 0.717) is 5.75 Å². The van der Waals surface area contributed by atoms with Gasteiger partial charge in [0.25, 0.3) is 0 Å². The molecule has 34 heavy (non-hydrogen) atoms. The standard InChI is InChI=1S/C25H28N6OS2/c1-17-8-9-20(14-18(17)2)31-16-26-28-25(31)33-15-23(32)30-12-10-29(11-13-30)19(3)24-27-21-6-4-5-7-22(21)34-24/h4-9,14,16,19H,10-13,15H2,1-3H3/t19-/m1/s1. The van der Waals surface area contributed by atoms with Crippen LogP contribution in [0.25, 0.3) is 15.9 Å². The van der Waals surface area contributed by atoms with Crippen LogP contribution >= 0.6 is 23.1 Å². The average Bonchev–Trinajstić information content (AvgIpc) is 3.51. The van der Waals surface area contributed by atoms with Gasteiger partial charge in [0.2, 0.25) is 5.91 Å². The number of fused-ring (bicyclic) bond motifs is 1. The second-order valence-electron chi connectivity index (χ2n) is 8.65. The largest absolute Gasteiger partial charge is 0.339 e. The molecule has 1 aliphatic heterocycles. The van der Waals surface area contributed by atoms with Crippen LogP contribution in [0.3, 0.4) is 0 Å². The van der Waals surface area contributed by atoms with Gasteiger partial charge >= 0.3 is 0 Å². The molecule has 2 aromatic carbocycles. The predicted molar refractivity (Wildman–Crippen MR) is 138 cm³/mol. The molecule has 0 radical (unpaired) electrons. The molecule has 0 saturated carbocycles. The highest BCUT2D eigenvalue weighted by Gasteiger charge is 2.26. The van der Waals surface area contributed by atoms with E-state index in [9.17, 15) is 4.79 Å². The van der Waals surface area contributed by atoms with Crippen LogP contribution in [0.4, 0.5) is 0 Å². The van der Waals surface area contributed by atoms with Gasteiger partial charge in [-0.3, -0.25) is 14.3 Å². The van der Waals surface area contributed by atoms with Gasteiger partial charge < -0.3 is 4.90 Å². The van der Waals surface area contributed by atoms with Gasteiger partial charge in [-0.2, -0.15) is 0 Å². The molecular formula is C25H28N6OS2. The second-order valence-corrected chi connectivity index (χ2v) is 10.7. The van der Waals surface area contributed by atoms with Gasteiger partial charge in [0.05, 0.1) is 22.0 Å². The summed E-state index contributed by atoms with van der Waals surface area (Å²) in [6.45, 7) is 9.58. The van der Waals surface area contributed by atoms with E-state index in [-0.39, 0.29) is 11.9 Å². The maximum absolute atomic E-state index is 12.9. The molecule has 0 unspecified atom stereocenters. The lowest BCUT2D eigenvalue weighted by atomic mass is 10.1. The zero-order valence-electron chi connectivity index (χ0n) is 19.6. The normalized spacial score (nSPS) is 15.7. The quantitative estimate of drug-likeness (QED) is 0.370. The zero-order valence-corrected chi connectivity index (χ0v) is 21.3. The summed E-state index contributed by atoms with van der Waals surface area (Å²) < 4.78 is 3.17. The molecule has 3 heterocycles. The van der Waals surface area contributed by atoms with E-state index in [1.165, 1.54) is 27.6 Å². The first-order valence-corrected chi connectivity index (χ1v) is 13.3. The zero-order chi connectivity index (χ0) is 23.7. The maximum Gasteiger partial charge on any atom is 0.233 e. The van der Waals surface area contributed by atoms with Gasteiger partial charge in [-0.15, -0.1) is 21.5 Å². The number of carbonyl (C=O) groups is 1. The van der Waals surface area contributed by atoms with Crippen molar-refractivity contribution in [2.75, 3.05) is 31.9 Å². The Bertz CT molecular complexity index is 1270. The molecule has 4 aromatic rings. The fourth-order valence-corrected chi connectivity index (χ4v) is 6.06. The van der Waals surface area contributed by atoms with Gasteiger partial charge in [0, 0.05) is 31.9 Å². The van der Waals surface area contributed by atoms with Crippen molar-refractivity contribution < 1.29 is 4.79 Å². The van der Waals surface area contributed by atoms with Crippen LogP contribution in [-0.2, 0) is 4.79 Å².